The van der Waals surface area contributed by atoms with E-state index in [1.807, 2.05) is 37.3 Å². The van der Waals surface area contributed by atoms with E-state index in [4.69, 9.17) is 4.74 Å². The molecule has 4 aromatic rings. The summed E-state index contributed by atoms with van der Waals surface area (Å²) >= 11 is 0. The zero-order valence-electron chi connectivity index (χ0n) is 18.4. The fraction of sp³-hybridized carbons (Fsp3) is 0.222. The van der Waals surface area contributed by atoms with Crippen LogP contribution in [0.1, 0.15) is 18.2 Å². The molecule has 0 aliphatic heterocycles. The standard InChI is InChI=1S/C27H29N3O/c1-4-30(27-15-8-5-10-20(27)2)16-17-31-23-12-9-11-22(19-23)29-26-18-21(3)28-25-14-7-6-13-24(25)26/h5-15,18-19H,4,16-17H2,1-3H3,(H,28,29). The van der Waals surface area contributed by atoms with Crippen molar-refractivity contribution >= 4 is 28.0 Å². The molecule has 0 saturated heterocycles. The number of anilines is 3. The maximum absolute atomic E-state index is 6.10. The summed E-state index contributed by atoms with van der Waals surface area (Å²) in [5.74, 6) is 0.862. The van der Waals surface area contributed by atoms with Crippen LogP contribution in [0.2, 0.25) is 0 Å². The van der Waals surface area contributed by atoms with Gasteiger partial charge in [0.1, 0.15) is 12.4 Å². The number of ether oxygens (including phenoxy) is 1. The normalized spacial score (nSPS) is 10.8. The summed E-state index contributed by atoms with van der Waals surface area (Å²) in [6, 6.07) is 26.9. The van der Waals surface area contributed by atoms with Crippen LogP contribution in [0.4, 0.5) is 17.1 Å². The Bertz CT molecular complexity index is 1170. The Morgan fingerprint density at radius 1 is 0.903 bits per heavy atom. The number of rotatable bonds is 8. The van der Waals surface area contributed by atoms with E-state index in [1.165, 1.54) is 11.3 Å². The number of pyridine rings is 1. The SMILES string of the molecule is CCN(CCOc1cccc(Nc2cc(C)nc3ccccc23)c1)c1ccccc1C. The third-order valence-corrected chi connectivity index (χ3v) is 5.43. The summed E-state index contributed by atoms with van der Waals surface area (Å²) in [4.78, 5) is 6.97. The lowest BCUT2D eigenvalue weighted by atomic mass is 10.1. The molecular formula is C27H29N3O. The van der Waals surface area contributed by atoms with Crippen molar-refractivity contribution in [3.05, 3.63) is 90.1 Å². The first-order chi connectivity index (χ1) is 15.1. The smallest absolute Gasteiger partial charge is 0.121 e. The van der Waals surface area contributed by atoms with Crippen LogP contribution in [0, 0.1) is 13.8 Å². The molecule has 1 heterocycles. The number of likely N-dealkylation sites (N-methyl/N-ethyl adjacent to an activating group) is 1. The lowest BCUT2D eigenvalue weighted by molar-refractivity contribution is 0.324. The number of aryl methyl sites for hydroxylation is 2. The number of fused-ring (bicyclic) bond motifs is 1. The molecule has 0 atom stereocenters. The van der Waals surface area contributed by atoms with Crippen LogP contribution in [0.3, 0.4) is 0 Å². The minimum Gasteiger partial charge on any atom is -0.492 e. The van der Waals surface area contributed by atoms with Crippen molar-refractivity contribution in [2.24, 2.45) is 0 Å². The second-order valence-electron chi connectivity index (χ2n) is 7.70. The fourth-order valence-corrected chi connectivity index (χ4v) is 3.87. The molecular weight excluding hydrogens is 382 g/mol. The summed E-state index contributed by atoms with van der Waals surface area (Å²) in [6.45, 7) is 8.77. The maximum atomic E-state index is 6.10. The predicted octanol–water partition coefficient (Wildman–Crippen LogP) is 6.50. The van der Waals surface area contributed by atoms with Gasteiger partial charge in [0, 0.05) is 40.8 Å². The first-order valence-electron chi connectivity index (χ1n) is 10.8. The van der Waals surface area contributed by atoms with Gasteiger partial charge < -0.3 is 15.0 Å². The minimum absolute atomic E-state index is 0.628. The molecule has 158 valence electrons. The van der Waals surface area contributed by atoms with E-state index in [0.29, 0.717) is 6.61 Å². The van der Waals surface area contributed by atoms with Crippen molar-refractivity contribution in [3.8, 4) is 5.75 Å². The van der Waals surface area contributed by atoms with Gasteiger partial charge in [-0.15, -0.1) is 0 Å². The van der Waals surface area contributed by atoms with Gasteiger partial charge >= 0.3 is 0 Å². The summed E-state index contributed by atoms with van der Waals surface area (Å²) in [5, 5.41) is 4.65. The highest BCUT2D eigenvalue weighted by Gasteiger charge is 2.08. The van der Waals surface area contributed by atoms with E-state index < -0.39 is 0 Å². The average molecular weight is 412 g/mol. The fourth-order valence-electron chi connectivity index (χ4n) is 3.87. The molecule has 0 saturated carbocycles. The van der Waals surface area contributed by atoms with Crippen molar-refractivity contribution in [1.82, 2.24) is 4.98 Å². The highest BCUT2D eigenvalue weighted by atomic mass is 16.5. The van der Waals surface area contributed by atoms with Crippen LogP contribution < -0.4 is 15.0 Å². The molecule has 0 radical (unpaired) electrons. The quantitative estimate of drug-likeness (QED) is 0.359. The monoisotopic (exact) mass is 411 g/mol. The van der Waals surface area contributed by atoms with Gasteiger partial charge in [0.05, 0.1) is 12.1 Å². The van der Waals surface area contributed by atoms with Gasteiger partial charge in [-0.2, -0.15) is 0 Å². The van der Waals surface area contributed by atoms with Crippen LogP contribution in [0.15, 0.2) is 78.9 Å². The van der Waals surface area contributed by atoms with E-state index >= 15 is 0 Å². The Kier molecular flexibility index (Phi) is 6.37. The van der Waals surface area contributed by atoms with Crippen LogP contribution in [-0.2, 0) is 0 Å². The van der Waals surface area contributed by atoms with E-state index in [1.54, 1.807) is 0 Å². The molecule has 4 heteroatoms. The Hall–Kier alpha value is -3.53. The third kappa shape index (κ3) is 4.97. The van der Waals surface area contributed by atoms with Gasteiger partial charge in [-0.1, -0.05) is 42.5 Å². The van der Waals surface area contributed by atoms with E-state index in [0.717, 1.165) is 46.8 Å². The largest absolute Gasteiger partial charge is 0.492 e. The van der Waals surface area contributed by atoms with Gasteiger partial charge in [0.25, 0.3) is 0 Å². The average Bonchev–Trinajstić information content (AvgIpc) is 2.78. The van der Waals surface area contributed by atoms with Gasteiger partial charge in [-0.3, -0.25) is 4.98 Å². The van der Waals surface area contributed by atoms with Crippen molar-refractivity contribution in [2.75, 3.05) is 29.9 Å². The molecule has 31 heavy (non-hydrogen) atoms. The molecule has 1 N–H and O–H groups in total. The van der Waals surface area contributed by atoms with Crippen molar-refractivity contribution in [3.63, 3.8) is 0 Å². The van der Waals surface area contributed by atoms with E-state index in [2.05, 4.69) is 77.6 Å². The second kappa shape index (κ2) is 9.52. The summed E-state index contributed by atoms with van der Waals surface area (Å²) in [7, 11) is 0. The predicted molar refractivity (Wildman–Crippen MR) is 131 cm³/mol. The lowest BCUT2D eigenvalue weighted by Crippen LogP contribution is -2.28. The highest BCUT2D eigenvalue weighted by molar-refractivity contribution is 5.93. The van der Waals surface area contributed by atoms with Crippen LogP contribution >= 0.6 is 0 Å². The number of nitrogens with zero attached hydrogens (tertiary/aromatic N) is 2. The zero-order chi connectivity index (χ0) is 21.6. The Morgan fingerprint density at radius 3 is 2.55 bits per heavy atom. The van der Waals surface area contributed by atoms with Gasteiger partial charge in [0.15, 0.2) is 0 Å². The lowest BCUT2D eigenvalue weighted by Gasteiger charge is -2.25. The molecule has 0 spiro atoms. The molecule has 0 amide bonds. The molecule has 0 unspecified atom stereocenters. The molecule has 0 bridgehead atoms. The molecule has 4 rings (SSSR count). The third-order valence-electron chi connectivity index (χ3n) is 5.43. The topological polar surface area (TPSA) is 37.4 Å². The molecule has 1 aromatic heterocycles. The van der Waals surface area contributed by atoms with E-state index in [9.17, 15) is 0 Å². The number of nitrogens with one attached hydrogen (secondary N) is 1. The van der Waals surface area contributed by atoms with Gasteiger partial charge in [0.2, 0.25) is 0 Å². The molecule has 3 aromatic carbocycles. The molecule has 0 aliphatic carbocycles. The Balaban J connectivity index is 1.44. The van der Waals surface area contributed by atoms with Gasteiger partial charge in [-0.25, -0.2) is 0 Å². The van der Waals surface area contributed by atoms with Crippen LogP contribution in [-0.4, -0.2) is 24.7 Å². The Morgan fingerprint density at radius 2 is 1.71 bits per heavy atom. The van der Waals surface area contributed by atoms with E-state index in [-0.39, 0.29) is 0 Å². The summed E-state index contributed by atoms with van der Waals surface area (Å²) < 4.78 is 6.10. The first-order valence-corrected chi connectivity index (χ1v) is 10.8. The Labute approximate surface area is 184 Å². The van der Waals surface area contributed by atoms with Crippen LogP contribution in [0.25, 0.3) is 10.9 Å². The summed E-state index contributed by atoms with van der Waals surface area (Å²) in [5.41, 5.74) is 6.59. The minimum atomic E-state index is 0.628. The molecule has 0 fully saturated rings. The summed E-state index contributed by atoms with van der Waals surface area (Å²) in [6.07, 6.45) is 0. The van der Waals surface area contributed by atoms with Crippen molar-refractivity contribution < 1.29 is 4.74 Å². The first kappa shape index (κ1) is 20.7. The maximum Gasteiger partial charge on any atom is 0.121 e. The zero-order valence-corrected chi connectivity index (χ0v) is 18.4. The molecule has 0 aliphatic rings. The number of benzene rings is 3. The number of para-hydroxylation sites is 2. The van der Waals surface area contributed by atoms with Crippen molar-refractivity contribution in [2.45, 2.75) is 20.8 Å². The van der Waals surface area contributed by atoms with Crippen molar-refractivity contribution in [1.29, 1.82) is 0 Å². The second-order valence-corrected chi connectivity index (χ2v) is 7.70. The van der Waals surface area contributed by atoms with Crippen LogP contribution in [0.5, 0.6) is 5.75 Å². The number of hydrogen-bond acceptors (Lipinski definition) is 4. The molecule has 4 nitrogen and oxygen atoms in total. The number of aromatic nitrogens is 1. The number of hydrogen-bond donors (Lipinski definition) is 1. The van der Waals surface area contributed by atoms with Gasteiger partial charge in [-0.05, 0) is 56.7 Å². The highest BCUT2D eigenvalue weighted by Crippen LogP contribution is 2.28.